The largest absolute Gasteiger partial charge is 0.497 e. The summed E-state index contributed by atoms with van der Waals surface area (Å²) in [5.74, 6) is 0.442. The minimum atomic E-state index is -0.176. The number of rotatable bonds is 8. The molecule has 3 aromatic carbocycles. The van der Waals surface area contributed by atoms with Gasteiger partial charge in [-0.3, -0.25) is 14.9 Å². The van der Waals surface area contributed by atoms with E-state index >= 15 is 0 Å². The number of carbonyl (C=O) groups excluding carboxylic acids is 2. The molecule has 3 rings (SSSR count). The van der Waals surface area contributed by atoms with Gasteiger partial charge in [-0.1, -0.05) is 48.5 Å². The molecule has 0 fully saturated rings. The Morgan fingerprint density at radius 1 is 0.833 bits per heavy atom. The number of anilines is 2. The molecule has 30 heavy (non-hydrogen) atoms. The first-order valence-electron chi connectivity index (χ1n) is 9.65. The molecule has 0 aliphatic carbocycles. The normalized spacial score (nSPS) is 11.4. The lowest BCUT2D eigenvalue weighted by atomic mass is 9.98. The lowest BCUT2D eigenvalue weighted by Crippen LogP contribution is -2.32. The average molecular weight is 403 g/mol. The second-order valence-corrected chi connectivity index (χ2v) is 6.81. The Kier molecular flexibility index (Phi) is 7.19. The maximum atomic E-state index is 12.5. The Labute approximate surface area is 176 Å². The summed E-state index contributed by atoms with van der Waals surface area (Å²) in [5, 5.41) is 8.90. The van der Waals surface area contributed by atoms with Crippen LogP contribution in [0.2, 0.25) is 0 Å². The van der Waals surface area contributed by atoms with Crippen LogP contribution in [0.4, 0.5) is 11.4 Å². The maximum Gasteiger partial charge on any atom is 0.238 e. The second kappa shape index (κ2) is 10.2. The van der Waals surface area contributed by atoms with Crippen LogP contribution in [0.3, 0.4) is 0 Å². The highest BCUT2D eigenvalue weighted by Crippen LogP contribution is 2.24. The molecule has 0 heterocycles. The molecule has 0 aliphatic heterocycles. The molecule has 0 saturated carbocycles. The van der Waals surface area contributed by atoms with Crippen molar-refractivity contribution in [3.8, 4) is 5.75 Å². The number of amides is 2. The van der Waals surface area contributed by atoms with Crippen molar-refractivity contribution < 1.29 is 14.3 Å². The fourth-order valence-electron chi connectivity index (χ4n) is 3.15. The third-order valence-electron chi connectivity index (χ3n) is 4.52. The molecular formula is C24H25N3O3. The SMILES string of the molecule is COc1ccc([C@H](NCC(=O)Nc2cccc(NC(C)=O)c2)c2ccccc2)cc1. The fourth-order valence-corrected chi connectivity index (χ4v) is 3.15. The van der Waals surface area contributed by atoms with Gasteiger partial charge in [-0.05, 0) is 41.5 Å². The Morgan fingerprint density at radius 3 is 2.10 bits per heavy atom. The minimum absolute atomic E-state index is 0.121. The molecule has 0 radical (unpaired) electrons. The van der Waals surface area contributed by atoms with Crippen molar-refractivity contribution in [3.63, 3.8) is 0 Å². The van der Waals surface area contributed by atoms with Crippen molar-refractivity contribution >= 4 is 23.2 Å². The highest BCUT2D eigenvalue weighted by atomic mass is 16.5. The summed E-state index contributed by atoms with van der Waals surface area (Å²) < 4.78 is 5.24. The van der Waals surface area contributed by atoms with E-state index in [9.17, 15) is 9.59 Å². The van der Waals surface area contributed by atoms with Gasteiger partial charge in [0.05, 0.1) is 19.7 Å². The minimum Gasteiger partial charge on any atom is -0.497 e. The summed E-state index contributed by atoms with van der Waals surface area (Å²) in [4.78, 5) is 23.8. The van der Waals surface area contributed by atoms with Gasteiger partial charge in [-0.2, -0.15) is 0 Å². The summed E-state index contributed by atoms with van der Waals surface area (Å²) in [7, 11) is 1.63. The van der Waals surface area contributed by atoms with Crippen molar-refractivity contribution in [2.75, 3.05) is 24.3 Å². The Balaban J connectivity index is 1.69. The standard InChI is InChI=1S/C24H25N3O3/c1-17(28)26-20-9-6-10-21(15-20)27-23(29)16-25-24(18-7-4-3-5-8-18)19-11-13-22(30-2)14-12-19/h3-15,24-25H,16H2,1-2H3,(H,26,28)(H,27,29)/t24-/m1/s1. The maximum absolute atomic E-state index is 12.5. The van der Waals surface area contributed by atoms with Crippen LogP contribution in [-0.2, 0) is 9.59 Å². The van der Waals surface area contributed by atoms with Crippen LogP contribution in [0.5, 0.6) is 5.75 Å². The van der Waals surface area contributed by atoms with Crippen LogP contribution in [0.25, 0.3) is 0 Å². The predicted molar refractivity (Wildman–Crippen MR) is 119 cm³/mol. The van der Waals surface area contributed by atoms with Gasteiger partial charge in [0, 0.05) is 18.3 Å². The molecule has 6 heteroatoms. The molecule has 2 amide bonds. The molecule has 0 spiro atoms. The first-order chi connectivity index (χ1) is 14.5. The van der Waals surface area contributed by atoms with Crippen molar-refractivity contribution in [3.05, 3.63) is 90.0 Å². The Hall–Kier alpha value is -3.64. The zero-order valence-corrected chi connectivity index (χ0v) is 17.0. The summed E-state index contributed by atoms with van der Waals surface area (Å²) in [5.41, 5.74) is 3.34. The van der Waals surface area contributed by atoms with E-state index in [2.05, 4.69) is 16.0 Å². The van der Waals surface area contributed by atoms with E-state index in [1.54, 1.807) is 31.4 Å². The Morgan fingerprint density at radius 2 is 1.47 bits per heavy atom. The first kappa shape index (κ1) is 21.1. The molecule has 3 aromatic rings. The van der Waals surface area contributed by atoms with E-state index < -0.39 is 0 Å². The molecule has 0 aliphatic rings. The fraction of sp³-hybridized carbons (Fsp3) is 0.167. The van der Waals surface area contributed by atoms with E-state index in [1.165, 1.54) is 6.92 Å². The summed E-state index contributed by atoms with van der Waals surface area (Å²) >= 11 is 0. The van der Waals surface area contributed by atoms with Crippen LogP contribution >= 0.6 is 0 Å². The Bertz CT molecular complexity index is 988. The molecule has 1 atom stereocenters. The van der Waals surface area contributed by atoms with E-state index in [0.29, 0.717) is 11.4 Å². The van der Waals surface area contributed by atoms with Gasteiger partial charge in [0.2, 0.25) is 11.8 Å². The quantitative estimate of drug-likeness (QED) is 0.532. The van der Waals surface area contributed by atoms with Crippen molar-refractivity contribution in [1.82, 2.24) is 5.32 Å². The van der Waals surface area contributed by atoms with Crippen LogP contribution < -0.4 is 20.7 Å². The van der Waals surface area contributed by atoms with E-state index in [-0.39, 0.29) is 24.4 Å². The number of nitrogens with one attached hydrogen (secondary N) is 3. The molecule has 0 aromatic heterocycles. The van der Waals surface area contributed by atoms with Crippen molar-refractivity contribution in [2.45, 2.75) is 13.0 Å². The van der Waals surface area contributed by atoms with Gasteiger partial charge in [0.15, 0.2) is 0 Å². The second-order valence-electron chi connectivity index (χ2n) is 6.81. The zero-order chi connectivity index (χ0) is 21.3. The van der Waals surface area contributed by atoms with Crippen LogP contribution in [0.1, 0.15) is 24.1 Å². The van der Waals surface area contributed by atoms with Gasteiger partial charge >= 0.3 is 0 Å². The third kappa shape index (κ3) is 5.93. The summed E-state index contributed by atoms with van der Waals surface area (Å²) in [6.07, 6.45) is 0. The number of methoxy groups -OCH3 is 1. The third-order valence-corrected chi connectivity index (χ3v) is 4.52. The number of hydrogen-bond acceptors (Lipinski definition) is 4. The zero-order valence-electron chi connectivity index (χ0n) is 17.0. The number of carbonyl (C=O) groups is 2. The highest BCUT2D eigenvalue weighted by molar-refractivity contribution is 5.94. The lowest BCUT2D eigenvalue weighted by Gasteiger charge is -2.20. The van der Waals surface area contributed by atoms with Crippen LogP contribution in [0, 0.1) is 0 Å². The average Bonchev–Trinajstić information content (AvgIpc) is 2.75. The van der Waals surface area contributed by atoms with Gasteiger partial charge in [-0.25, -0.2) is 0 Å². The molecule has 0 saturated heterocycles. The van der Waals surface area contributed by atoms with E-state index in [4.69, 9.17) is 4.74 Å². The van der Waals surface area contributed by atoms with Crippen molar-refractivity contribution in [1.29, 1.82) is 0 Å². The number of ether oxygens (including phenoxy) is 1. The highest BCUT2D eigenvalue weighted by Gasteiger charge is 2.15. The van der Waals surface area contributed by atoms with Gasteiger partial charge in [0.25, 0.3) is 0 Å². The van der Waals surface area contributed by atoms with Gasteiger partial charge in [0.1, 0.15) is 5.75 Å². The molecule has 154 valence electrons. The van der Waals surface area contributed by atoms with Crippen LogP contribution in [0.15, 0.2) is 78.9 Å². The number of benzene rings is 3. The molecule has 6 nitrogen and oxygen atoms in total. The van der Waals surface area contributed by atoms with Crippen LogP contribution in [-0.4, -0.2) is 25.5 Å². The summed E-state index contributed by atoms with van der Waals surface area (Å²) in [6, 6.07) is 24.6. The smallest absolute Gasteiger partial charge is 0.238 e. The predicted octanol–water partition coefficient (Wildman–Crippen LogP) is 3.97. The van der Waals surface area contributed by atoms with Crippen molar-refractivity contribution in [2.24, 2.45) is 0 Å². The monoisotopic (exact) mass is 403 g/mol. The van der Waals surface area contributed by atoms with Gasteiger partial charge in [-0.15, -0.1) is 0 Å². The molecule has 0 unspecified atom stereocenters. The van der Waals surface area contributed by atoms with E-state index in [1.807, 2.05) is 54.6 Å². The van der Waals surface area contributed by atoms with Gasteiger partial charge < -0.3 is 15.4 Å². The molecular weight excluding hydrogens is 378 g/mol. The molecule has 0 bridgehead atoms. The number of hydrogen-bond donors (Lipinski definition) is 3. The first-order valence-corrected chi connectivity index (χ1v) is 9.65. The lowest BCUT2D eigenvalue weighted by molar-refractivity contribution is -0.115. The summed E-state index contributed by atoms with van der Waals surface area (Å²) in [6.45, 7) is 1.56. The topological polar surface area (TPSA) is 79.5 Å². The van der Waals surface area contributed by atoms with E-state index in [0.717, 1.165) is 16.9 Å². The molecule has 3 N–H and O–H groups in total.